The van der Waals surface area contributed by atoms with Crippen molar-refractivity contribution in [3.63, 3.8) is 0 Å². The molecule has 0 saturated heterocycles. The number of amides is 4. The lowest BCUT2D eigenvalue weighted by Gasteiger charge is -2.39. The van der Waals surface area contributed by atoms with Crippen LogP contribution in [-0.4, -0.2) is 47.0 Å². The van der Waals surface area contributed by atoms with Gasteiger partial charge in [-0.1, -0.05) is 39.8 Å². The third-order valence-electron chi connectivity index (χ3n) is 4.87. The summed E-state index contributed by atoms with van der Waals surface area (Å²) in [6, 6.07) is 3.59. The number of anilines is 2. The van der Waals surface area contributed by atoms with E-state index in [1.165, 1.54) is 11.8 Å². The number of nitrogens with zero attached hydrogens (tertiary/aromatic N) is 1. The van der Waals surface area contributed by atoms with E-state index >= 15 is 0 Å². The molecule has 0 bridgehead atoms. The Morgan fingerprint density at radius 1 is 1.10 bits per heavy atom. The fourth-order valence-electron chi connectivity index (χ4n) is 3.40. The number of hydrogen-bond acceptors (Lipinski definition) is 4. The molecule has 4 amide bonds. The van der Waals surface area contributed by atoms with E-state index in [-0.39, 0.29) is 17.7 Å². The van der Waals surface area contributed by atoms with Crippen LogP contribution < -0.4 is 20.9 Å². The minimum absolute atomic E-state index is 0.0685. The van der Waals surface area contributed by atoms with Crippen molar-refractivity contribution in [1.29, 1.82) is 0 Å². The van der Waals surface area contributed by atoms with Crippen LogP contribution in [-0.2, 0) is 14.4 Å². The molecule has 2 rings (SSSR count). The number of carbonyl (C=O) groups excluding carboxylic acids is 3. The maximum Gasteiger partial charge on any atom is 0.325 e. The smallest absolute Gasteiger partial charge is 0.325 e. The summed E-state index contributed by atoms with van der Waals surface area (Å²) in [4.78, 5) is 51.0. The van der Waals surface area contributed by atoms with E-state index < -0.39 is 36.0 Å². The number of nitrogens with one attached hydrogen (secondary N) is 3. The average molecular weight is 418 g/mol. The fraction of sp³-hybridized carbons (Fsp3) is 0.524. The summed E-state index contributed by atoms with van der Waals surface area (Å²) in [6.45, 7) is 8.83. The zero-order valence-corrected chi connectivity index (χ0v) is 17.9. The molecule has 1 aromatic rings. The van der Waals surface area contributed by atoms with Crippen molar-refractivity contribution in [3.8, 4) is 0 Å². The van der Waals surface area contributed by atoms with Crippen molar-refractivity contribution in [2.24, 2.45) is 11.8 Å². The number of benzene rings is 1. The van der Waals surface area contributed by atoms with Gasteiger partial charge >= 0.3 is 12.0 Å². The summed E-state index contributed by atoms with van der Waals surface area (Å²) in [5.41, 5.74) is 1.05. The van der Waals surface area contributed by atoms with Gasteiger partial charge in [0.25, 0.3) is 0 Å². The number of carbonyl (C=O) groups is 4. The second-order valence-corrected chi connectivity index (χ2v) is 8.27. The summed E-state index contributed by atoms with van der Waals surface area (Å²) in [6.07, 6.45) is 0.317. The molecule has 9 nitrogen and oxygen atoms in total. The van der Waals surface area contributed by atoms with E-state index in [9.17, 15) is 19.2 Å². The van der Waals surface area contributed by atoms with E-state index in [0.29, 0.717) is 17.8 Å². The Balaban J connectivity index is 2.33. The number of hydrogen-bond donors (Lipinski definition) is 4. The number of carboxylic acid groups (broad SMARTS) is 1. The molecular weight excluding hydrogens is 388 g/mol. The Kier molecular flexibility index (Phi) is 7.42. The van der Waals surface area contributed by atoms with Gasteiger partial charge < -0.3 is 21.1 Å². The van der Waals surface area contributed by atoms with Gasteiger partial charge in [0.1, 0.15) is 18.1 Å². The molecule has 0 unspecified atom stereocenters. The standard InChI is InChI=1S/C21H30N4O5/c1-11(2)10-15(18(26)22-13(5)20(28)29)24-21(30)25-16-9-7-6-8-14(16)23-19(27)17(25)12(3)4/h6-9,11-13,15,17H,10H2,1-5H3,(H,22,26)(H,23,27)(H,24,30)(H,28,29)/t13-,15+,17-/m0/s1. The molecule has 0 saturated carbocycles. The molecule has 30 heavy (non-hydrogen) atoms. The molecule has 3 atom stereocenters. The van der Waals surface area contributed by atoms with Gasteiger partial charge in [0.2, 0.25) is 11.8 Å². The fourth-order valence-corrected chi connectivity index (χ4v) is 3.40. The van der Waals surface area contributed by atoms with Gasteiger partial charge in [-0.2, -0.15) is 0 Å². The van der Waals surface area contributed by atoms with Crippen molar-refractivity contribution in [2.75, 3.05) is 10.2 Å². The van der Waals surface area contributed by atoms with Gasteiger partial charge in [0.05, 0.1) is 11.4 Å². The molecule has 1 aliphatic rings. The summed E-state index contributed by atoms with van der Waals surface area (Å²) in [5, 5.41) is 17.0. The Bertz CT molecular complexity index is 823. The highest BCUT2D eigenvalue weighted by Gasteiger charge is 2.40. The maximum absolute atomic E-state index is 13.3. The van der Waals surface area contributed by atoms with Crippen LogP contribution in [0.1, 0.15) is 41.0 Å². The van der Waals surface area contributed by atoms with Crippen molar-refractivity contribution in [2.45, 2.75) is 59.2 Å². The summed E-state index contributed by atoms with van der Waals surface area (Å²) in [5.74, 6) is -2.15. The quantitative estimate of drug-likeness (QED) is 0.540. The van der Waals surface area contributed by atoms with Crippen LogP contribution in [0.3, 0.4) is 0 Å². The first-order valence-electron chi connectivity index (χ1n) is 10.1. The number of rotatable bonds is 7. The Morgan fingerprint density at radius 2 is 1.73 bits per heavy atom. The predicted octanol–water partition coefficient (Wildman–Crippen LogP) is 2.18. The normalized spacial score (nSPS) is 17.8. The number of fused-ring (bicyclic) bond motifs is 1. The summed E-state index contributed by atoms with van der Waals surface area (Å²) < 4.78 is 0. The Morgan fingerprint density at radius 3 is 2.30 bits per heavy atom. The third-order valence-corrected chi connectivity index (χ3v) is 4.87. The molecule has 1 heterocycles. The Labute approximate surface area is 176 Å². The SMILES string of the molecule is CC(C)C[C@@H](NC(=O)N1c2ccccc2NC(=O)[C@@H]1C(C)C)C(=O)N[C@@H](C)C(=O)O. The minimum atomic E-state index is -1.17. The highest BCUT2D eigenvalue weighted by molar-refractivity contribution is 6.12. The molecule has 9 heteroatoms. The lowest BCUT2D eigenvalue weighted by Crippen LogP contribution is -2.60. The second-order valence-electron chi connectivity index (χ2n) is 8.27. The second kappa shape index (κ2) is 9.60. The first kappa shape index (κ1) is 23.2. The van der Waals surface area contributed by atoms with Crippen LogP contribution >= 0.6 is 0 Å². The lowest BCUT2D eigenvalue weighted by atomic mass is 9.97. The van der Waals surface area contributed by atoms with Crippen LogP contribution in [0.25, 0.3) is 0 Å². The molecule has 0 radical (unpaired) electrons. The minimum Gasteiger partial charge on any atom is -0.480 e. The number of para-hydroxylation sites is 2. The zero-order chi connectivity index (χ0) is 22.6. The highest BCUT2D eigenvalue weighted by atomic mass is 16.4. The molecule has 4 N–H and O–H groups in total. The van der Waals surface area contributed by atoms with E-state index in [4.69, 9.17) is 5.11 Å². The first-order chi connectivity index (χ1) is 14.0. The van der Waals surface area contributed by atoms with Gasteiger partial charge in [0.15, 0.2) is 0 Å². The van der Waals surface area contributed by atoms with Gasteiger partial charge in [-0.15, -0.1) is 0 Å². The van der Waals surface area contributed by atoms with Crippen LogP contribution in [0.15, 0.2) is 24.3 Å². The predicted molar refractivity (Wildman–Crippen MR) is 113 cm³/mol. The molecule has 0 aliphatic carbocycles. The zero-order valence-electron chi connectivity index (χ0n) is 17.9. The molecule has 164 valence electrons. The number of aliphatic carboxylic acids is 1. The van der Waals surface area contributed by atoms with Crippen LogP contribution in [0.2, 0.25) is 0 Å². The van der Waals surface area contributed by atoms with E-state index in [2.05, 4.69) is 16.0 Å². The van der Waals surface area contributed by atoms with E-state index in [0.717, 1.165) is 0 Å². The number of urea groups is 1. The van der Waals surface area contributed by atoms with Crippen molar-refractivity contribution in [1.82, 2.24) is 10.6 Å². The lowest BCUT2D eigenvalue weighted by molar-refractivity contribution is -0.141. The molecular formula is C21H30N4O5. The Hall–Kier alpha value is -3.10. The van der Waals surface area contributed by atoms with Crippen LogP contribution in [0, 0.1) is 11.8 Å². The third kappa shape index (κ3) is 5.28. The van der Waals surface area contributed by atoms with Crippen molar-refractivity contribution < 1.29 is 24.3 Å². The van der Waals surface area contributed by atoms with Crippen LogP contribution in [0.4, 0.5) is 16.2 Å². The van der Waals surface area contributed by atoms with Crippen LogP contribution in [0.5, 0.6) is 0 Å². The summed E-state index contributed by atoms with van der Waals surface area (Å²) in [7, 11) is 0. The molecule has 0 aromatic heterocycles. The monoisotopic (exact) mass is 418 g/mol. The molecule has 0 fully saturated rings. The van der Waals surface area contributed by atoms with Crippen molar-refractivity contribution >= 4 is 35.2 Å². The molecule has 0 spiro atoms. The van der Waals surface area contributed by atoms with Gasteiger partial charge in [-0.3, -0.25) is 19.3 Å². The van der Waals surface area contributed by atoms with Gasteiger partial charge in [-0.25, -0.2) is 4.79 Å². The van der Waals surface area contributed by atoms with E-state index in [1.807, 2.05) is 27.7 Å². The van der Waals surface area contributed by atoms with Gasteiger partial charge in [-0.05, 0) is 37.3 Å². The molecule has 1 aromatic carbocycles. The number of carboxylic acids is 1. The topological polar surface area (TPSA) is 128 Å². The molecule has 1 aliphatic heterocycles. The van der Waals surface area contributed by atoms with Crippen molar-refractivity contribution in [3.05, 3.63) is 24.3 Å². The van der Waals surface area contributed by atoms with E-state index in [1.54, 1.807) is 24.3 Å². The van der Waals surface area contributed by atoms with Gasteiger partial charge in [0, 0.05) is 0 Å². The maximum atomic E-state index is 13.3. The highest BCUT2D eigenvalue weighted by Crippen LogP contribution is 2.34. The average Bonchev–Trinajstić information content (AvgIpc) is 2.65. The largest absolute Gasteiger partial charge is 0.480 e. The summed E-state index contributed by atoms with van der Waals surface area (Å²) >= 11 is 0. The first-order valence-corrected chi connectivity index (χ1v) is 10.1.